The van der Waals surface area contributed by atoms with Crippen LogP contribution in [0.25, 0.3) is 10.2 Å². The number of esters is 1. The Labute approximate surface area is 176 Å². The summed E-state index contributed by atoms with van der Waals surface area (Å²) in [6, 6.07) is 6.14. The number of carbonyl (C=O) groups is 2. The number of ether oxygens (including phenoxy) is 1. The summed E-state index contributed by atoms with van der Waals surface area (Å²) in [5.74, 6) is -1.55. The molecule has 0 fully saturated rings. The van der Waals surface area contributed by atoms with Gasteiger partial charge in [0.25, 0.3) is 11.5 Å². The molecule has 30 heavy (non-hydrogen) atoms. The van der Waals surface area contributed by atoms with Crippen molar-refractivity contribution in [2.45, 2.75) is 39.7 Å². The maximum atomic E-state index is 14.3. The third kappa shape index (κ3) is 3.60. The second-order valence-electron chi connectivity index (χ2n) is 7.32. The average Bonchev–Trinajstić information content (AvgIpc) is 3.00. The summed E-state index contributed by atoms with van der Waals surface area (Å²) in [6.07, 6.45) is -0.0243. The summed E-state index contributed by atoms with van der Waals surface area (Å²) >= 11 is 1.00. The lowest BCUT2D eigenvalue weighted by atomic mass is 10.0. The quantitative estimate of drug-likeness (QED) is 0.605. The van der Waals surface area contributed by atoms with E-state index in [1.807, 2.05) is 0 Å². The van der Waals surface area contributed by atoms with Crippen LogP contribution < -0.4 is 11.3 Å². The molecule has 0 radical (unpaired) electrons. The molecular weight excluding hydrogens is 409 g/mol. The smallest absolute Gasteiger partial charge is 0.331 e. The number of hydrogen-bond donors (Lipinski definition) is 1. The number of benzene rings is 1. The van der Waals surface area contributed by atoms with E-state index in [0.29, 0.717) is 16.0 Å². The third-order valence-corrected chi connectivity index (χ3v) is 6.10. The molecule has 2 N–H and O–H groups in total. The zero-order chi connectivity index (χ0) is 22.2. The van der Waals surface area contributed by atoms with Crippen molar-refractivity contribution in [3.05, 3.63) is 62.3 Å². The second-order valence-corrected chi connectivity index (χ2v) is 8.32. The summed E-state index contributed by atoms with van der Waals surface area (Å²) < 4.78 is 20.7. The summed E-state index contributed by atoms with van der Waals surface area (Å²) in [5.41, 5.74) is 4.25. The Morgan fingerprint density at radius 3 is 2.57 bits per heavy atom. The molecule has 3 aromatic rings. The second kappa shape index (κ2) is 7.98. The highest BCUT2D eigenvalue weighted by molar-refractivity contribution is 7.20. The van der Waals surface area contributed by atoms with E-state index in [9.17, 15) is 18.8 Å². The van der Waals surface area contributed by atoms with Crippen molar-refractivity contribution >= 4 is 33.4 Å². The Kier molecular flexibility index (Phi) is 5.76. The topological polar surface area (TPSA) is 104 Å². The number of aryl methyl sites for hydroxylation is 1. The van der Waals surface area contributed by atoms with Gasteiger partial charge in [0.2, 0.25) is 0 Å². The number of primary amides is 1. The van der Waals surface area contributed by atoms with Gasteiger partial charge in [0, 0.05) is 6.42 Å². The molecule has 7 nitrogen and oxygen atoms in total. The van der Waals surface area contributed by atoms with E-state index < -0.39 is 28.8 Å². The van der Waals surface area contributed by atoms with Crippen molar-refractivity contribution in [3.63, 3.8) is 0 Å². The Hall–Kier alpha value is -3.07. The zero-order valence-corrected chi connectivity index (χ0v) is 17.9. The third-order valence-electron chi connectivity index (χ3n) is 4.90. The first-order valence-electron chi connectivity index (χ1n) is 9.35. The molecule has 2 heterocycles. The number of nitrogens with two attached hydrogens (primary N) is 1. The molecule has 0 spiro atoms. The van der Waals surface area contributed by atoms with Gasteiger partial charge in [0.05, 0.1) is 16.9 Å². The number of nitrogens with zero attached hydrogens (tertiary/aromatic N) is 2. The number of aromatic nitrogens is 2. The van der Waals surface area contributed by atoms with E-state index in [1.54, 1.807) is 45.9 Å². The van der Waals surface area contributed by atoms with Crippen molar-refractivity contribution in [3.8, 4) is 0 Å². The molecule has 9 heteroatoms. The molecule has 0 saturated heterocycles. The van der Waals surface area contributed by atoms with Crippen LogP contribution in [0.5, 0.6) is 0 Å². The maximum absolute atomic E-state index is 14.3. The first-order chi connectivity index (χ1) is 14.1. The Bertz CT molecular complexity index is 1210. The minimum absolute atomic E-state index is 0.0243. The van der Waals surface area contributed by atoms with Gasteiger partial charge in [0.1, 0.15) is 22.0 Å². The lowest BCUT2D eigenvalue weighted by Crippen LogP contribution is -2.46. The highest BCUT2D eigenvalue weighted by Crippen LogP contribution is 2.29. The minimum atomic E-state index is -1.41. The zero-order valence-electron chi connectivity index (χ0n) is 17.1. The molecule has 0 saturated carbocycles. The van der Waals surface area contributed by atoms with E-state index in [0.717, 1.165) is 11.3 Å². The number of rotatable bonds is 6. The van der Waals surface area contributed by atoms with E-state index in [-0.39, 0.29) is 29.1 Å². The molecule has 1 amide bonds. The lowest BCUT2D eigenvalue weighted by Gasteiger charge is -2.27. The van der Waals surface area contributed by atoms with Crippen molar-refractivity contribution < 1.29 is 18.7 Å². The van der Waals surface area contributed by atoms with Crippen LogP contribution in [0.4, 0.5) is 4.39 Å². The van der Waals surface area contributed by atoms with Crippen LogP contribution in [0.2, 0.25) is 0 Å². The highest BCUT2D eigenvalue weighted by atomic mass is 32.1. The number of halogens is 1. The van der Waals surface area contributed by atoms with Crippen LogP contribution in [-0.2, 0) is 21.5 Å². The number of amides is 1. The van der Waals surface area contributed by atoms with Crippen LogP contribution in [-0.4, -0.2) is 28.0 Å². The number of carbonyl (C=O) groups excluding carboxylic acids is 2. The van der Waals surface area contributed by atoms with E-state index in [1.165, 1.54) is 10.6 Å². The largest absolute Gasteiger partial charge is 0.464 e. The average molecular weight is 431 g/mol. The van der Waals surface area contributed by atoms with Crippen molar-refractivity contribution in [2.75, 3.05) is 6.61 Å². The number of thiophene rings is 1. The molecule has 2 aromatic heterocycles. The first-order valence-corrected chi connectivity index (χ1v) is 10.2. The van der Waals surface area contributed by atoms with Gasteiger partial charge in [-0.1, -0.05) is 18.2 Å². The number of hydrogen-bond acceptors (Lipinski definition) is 6. The monoisotopic (exact) mass is 431 g/mol. The summed E-state index contributed by atoms with van der Waals surface area (Å²) in [6.45, 7) is 6.50. The molecule has 0 aliphatic carbocycles. The van der Waals surface area contributed by atoms with E-state index >= 15 is 0 Å². The van der Waals surface area contributed by atoms with Gasteiger partial charge in [-0.25, -0.2) is 14.2 Å². The maximum Gasteiger partial charge on any atom is 0.331 e. The van der Waals surface area contributed by atoms with Gasteiger partial charge in [-0.2, -0.15) is 0 Å². The fraction of sp³-hybridized carbons (Fsp3) is 0.333. The molecule has 0 atom stereocenters. The summed E-state index contributed by atoms with van der Waals surface area (Å²) in [4.78, 5) is 43.0. The Morgan fingerprint density at radius 1 is 1.30 bits per heavy atom. The van der Waals surface area contributed by atoms with Gasteiger partial charge in [-0.15, -0.1) is 11.3 Å². The highest BCUT2D eigenvalue weighted by Gasteiger charge is 2.36. The fourth-order valence-electron chi connectivity index (χ4n) is 3.37. The van der Waals surface area contributed by atoms with Gasteiger partial charge < -0.3 is 10.5 Å². The number of fused-ring (bicyclic) bond motifs is 1. The molecule has 0 unspecified atom stereocenters. The van der Waals surface area contributed by atoms with E-state index in [4.69, 9.17) is 10.5 Å². The van der Waals surface area contributed by atoms with Crippen LogP contribution in [0.15, 0.2) is 29.1 Å². The van der Waals surface area contributed by atoms with Gasteiger partial charge in [0.15, 0.2) is 0 Å². The predicted octanol–water partition coefficient (Wildman–Crippen LogP) is 2.89. The first kappa shape index (κ1) is 21.6. The van der Waals surface area contributed by atoms with Crippen LogP contribution in [0, 0.1) is 12.7 Å². The molecule has 1 aromatic carbocycles. The van der Waals surface area contributed by atoms with Crippen molar-refractivity contribution in [2.24, 2.45) is 5.73 Å². The Morgan fingerprint density at radius 2 is 1.97 bits per heavy atom. The van der Waals surface area contributed by atoms with Gasteiger partial charge >= 0.3 is 5.97 Å². The van der Waals surface area contributed by atoms with Gasteiger partial charge in [-0.3, -0.25) is 14.2 Å². The molecule has 0 aliphatic heterocycles. The van der Waals surface area contributed by atoms with Crippen LogP contribution in [0.3, 0.4) is 0 Å². The Balaban J connectivity index is 2.35. The summed E-state index contributed by atoms with van der Waals surface area (Å²) in [7, 11) is 0. The molecule has 158 valence electrons. The van der Waals surface area contributed by atoms with Crippen molar-refractivity contribution in [1.82, 2.24) is 9.55 Å². The SMILES string of the molecule is CCOC(=O)C(C)(C)n1c(Cc2ccccc2F)nc2sc(C(N)=O)c(C)c2c1=O. The molecule has 0 aliphatic rings. The van der Waals surface area contributed by atoms with E-state index in [2.05, 4.69) is 4.98 Å². The predicted molar refractivity (Wildman–Crippen MR) is 112 cm³/mol. The molecule has 3 rings (SSSR count). The van der Waals surface area contributed by atoms with Crippen molar-refractivity contribution in [1.29, 1.82) is 0 Å². The lowest BCUT2D eigenvalue weighted by molar-refractivity contribution is -0.152. The molecule has 0 bridgehead atoms. The minimum Gasteiger partial charge on any atom is -0.464 e. The molecular formula is C21H22FN3O4S. The van der Waals surface area contributed by atoms with Crippen LogP contribution in [0.1, 0.15) is 47.4 Å². The fourth-order valence-corrected chi connectivity index (χ4v) is 4.41. The summed E-state index contributed by atoms with van der Waals surface area (Å²) in [5, 5.41) is 0.212. The standard InChI is InChI=1S/C21H22FN3O4S/c1-5-29-20(28)21(3,4)25-14(10-12-8-6-7-9-13(12)22)24-18-15(19(25)27)11(2)16(30-18)17(23)26/h6-9H,5,10H2,1-4H3,(H2,23,26). The normalized spacial score (nSPS) is 11.6. The van der Waals surface area contributed by atoms with Crippen LogP contribution >= 0.6 is 11.3 Å². The van der Waals surface area contributed by atoms with Gasteiger partial charge in [-0.05, 0) is 44.9 Å².